The highest BCUT2D eigenvalue weighted by Crippen LogP contribution is 2.22. The summed E-state index contributed by atoms with van der Waals surface area (Å²) >= 11 is 4.93. The molecule has 0 radical (unpaired) electrons. The van der Waals surface area contributed by atoms with Gasteiger partial charge in [-0.25, -0.2) is 9.67 Å². The van der Waals surface area contributed by atoms with Crippen molar-refractivity contribution in [3.8, 4) is 5.69 Å². The molecule has 0 aliphatic rings. The third kappa shape index (κ3) is 3.45. The first-order valence-electron chi connectivity index (χ1n) is 8.02. The molecule has 0 aliphatic heterocycles. The lowest BCUT2D eigenvalue weighted by molar-refractivity contribution is 0.872. The summed E-state index contributed by atoms with van der Waals surface area (Å²) in [6.07, 6.45) is 1.56. The molecular weight excluding hydrogens is 412 g/mol. The van der Waals surface area contributed by atoms with Crippen LogP contribution in [0.1, 0.15) is 11.1 Å². The number of halogens is 1. The lowest BCUT2D eigenvalue weighted by Crippen LogP contribution is -2.09. The molecule has 26 heavy (non-hydrogen) atoms. The van der Waals surface area contributed by atoms with Gasteiger partial charge < -0.3 is 4.98 Å². The van der Waals surface area contributed by atoms with Crippen LogP contribution in [0.15, 0.2) is 69.2 Å². The van der Waals surface area contributed by atoms with Crippen LogP contribution in [0.3, 0.4) is 0 Å². The van der Waals surface area contributed by atoms with Crippen LogP contribution in [0.2, 0.25) is 0 Å². The van der Waals surface area contributed by atoms with Crippen molar-refractivity contribution in [2.75, 3.05) is 0 Å². The van der Waals surface area contributed by atoms with Crippen LogP contribution in [0.4, 0.5) is 0 Å². The van der Waals surface area contributed by atoms with Crippen molar-refractivity contribution >= 4 is 38.7 Å². The Morgan fingerprint density at radius 2 is 1.85 bits per heavy atom. The van der Waals surface area contributed by atoms with E-state index in [0.29, 0.717) is 16.2 Å². The van der Waals surface area contributed by atoms with E-state index >= 15 is 0 Å². The van der Waals surface area contributed by atoms with E-state index in [1.807, 2.05) is 55.5 Å². The van der Waals surface area contributed by atoms with Crippen LogP contribution in [0.25, 0.3) is 16.7 Å². The van der Waals surface area contributed by atoms with Gasteiger partial charge in [-0.15, -0.1) is 0 Å². The highest BCUT2D eigenvalue weighted by molar-refractivity contribution is 9.10. The van der Waals surface area contributed by atoms with Crippen molar-refractivity contribution in [2.24, 2.45) is 0 Å². The molecule has 0 bridgehead atoms. The van der Waals surface area contributed by atoms with Gasteiger partial charge >= 0.3 is 0 Å². The molecule has 0 saturated carbocycles. The highest BCUT2D eigenvalue weighted by atomic mass is 79.9. The second-order valence-electron chi connectivity index (χ2n) is 5.92. The molecule has 0 amide bonds. The molecule has 0 unspecified atom stereocenters. The maximum absolute atomic E-state index is 12.4. The van der Waals surface area contributed by atoms with Crippen LogP contribution in [0, 0.1) is 6.92 Å². The van der Waals surface area contributed by atoms with Crippen LogP contribution in [-0.2, 0) is 5.75 Å². The number of H-pyrrole nitrogens is 1. The smallest absolute Gasteiger partial charge is 0.262 e. The molecular formula is C19H15BrN4OS. The summed E-state index contributed by atoms with van der Waals surface area (Å²) < 4.78 is 2.74. The van der Waals surface area contributed by atoms with Crippen molar-refractivity contribution in [3.63, 3.8) is 0 Å². The number of rotatable bonds is 4. The topological polar surface area (TPSA) is 63.6 Å². The van der Waals surface area contributed by atoms with Gasteiger partial charge in [0.1, 0.15) is 5.39 Å². The minimum absolute atomic E-state index is 0.174. The van der Waals surface area contributed by atoms with Gasteiger partial charge in [0.15, 0.2) is 10.8 Å². The number of aromatic nitrogens is 4. The molecule has 1 N–H and O–H groups in total. The number of benzene rings is 2. The summed E-state index contributed by atoms with van der Waals surface area (Å²) in [5.74, 6) is 0.723. The van der Waals surface area contributed by atoms with Crippen molar-refractivity contribution in [1.29, 1.82) is 0 Å². The van der Waals surface area contributed by atoms with Gasteiger partial charge in [0.2, 0.25) is 0 Å². The number of thioether (sulfide) groups is 1. The third-order valence-electron chi connectivity index (χ3n) is 3.98. The van der Waals surface area contributed by atoms with Gasteiger partial charge in [-0.05, 0) is 36.8 Å². The van der Waals surface area contributed by atoms with Crippen molar-refractivity contribution in [3.05, 3.63) is 80.7 Å². The minimum Gasteiger partial charge on any atom is -0.301 e. The third-order valence-corrected chi connectivity index (χ3v) is 5.46. The molecule has 0 fully saturated rings. The fraction of sp³-hybridized carbons (Fsp3) is 0.105. The zero-order valence-corrected chi connectivity index (χ0v) is 16.3. The van der Waals surface area contributed by atoms with Gasteiger partial charge in [0.25, 0.3) is 5.56 Å². The van der Waals surface area contributed by atoms with E-state index in [-0.39, 0.29) is 5.56 Å². The molecule has 2 aromatic heterocycles. The first kappa shape index (κ1) is 17.1. The number of nitrogens with one attached hydrogen (secondary N) is 1. The Balaban J connectivity index is 1.68. The molecule has 0 aliphatic carbocycles. The van der Waals surface area contributed by atoms with Crippen LogP contribution in [0.5, 0.6) is 0 Å². The number of hydrogen-bond donors (Lipinski definition) is 1. The Kier molecular flexibility index (Phi) is 4.65. The number of fused-ring (bicyclic) bond motifs is 1. The van der Waals surface area contributed by atoms with Gasteiger partial charge in [-0.2, -0.15) is 5.10 Å². The van der Waals surface area contributed by atoms with Gasteiger partial charge in [0, 0.05) is 10.2 Å². The predicted molar refractivity (Wildman–Crippen MR) is 108 cm³/mol. The predicted octanol–water partition coefficient (Wildman–Crippen LogP) is 4.47. The zero-order chi connectivity index (χ0) is 18.1. The van der Waals surface area contributed by atoms with Crippen LogP contribution < -0.4 is 5.56 Å². The quantitative estimate of drug-likeness (QED) is 0.386. The summed E-state index contributed by atoms with van der Waals surface area (Å²) in [5, 5.41) is 5.41. The largest absolute Gasteiger partial charge is 0.301 e. The maximum Gasteiger partial charge on any atom is 0.262 e. The van der Waals surface area contributed by atoms with E-state index in [2.05, 4.69) is 31.0 Å². The van der Waals surface area contributed by atoms with E-state index in [9.17, 15) is 4.79 Å². The summed E-state index contributed by atoms with van der Waals surface area (Å²) in [6.45, 7) is 2.03. The number of aryl methyl sites for hydroxylation is 1. The SMILES string of the molecule is Cc1ccc(-n2ncc3c(=O)[nH]c(SCc4ccc(Br)cc4)nc32)cc1. The van der Waals surface area contributed by atoms with E-state index in [1.54, 1.807) is 10.9 Å². The fourth-order valence-electron chi connectivity index (χ4n) is 2.57. The Labute approximate surface area is 162 Å². The van der Waals surface area contributed by atoms with E-state index in [0.717, 1.165) is 21.5 Å². The molecule has 7 heteroatoms. The summed E-state index contributed by atoms with van der Waals surface area (Å²) in [5.41, 5.74) is 3.60. The molecule has 0 atom stereocenters. The van der Waals surface area contributed by atoms with E-state index < -0.39 is 0 Å². The van der Waals surface area contributed by atoms with E-state index in [4.69, 9.17) is 0 Å². The highest BCUT2D eigenvalue weighted by Gasteiger charge is 2.12. The summed E-state index contributed by atoms with van der Waals surface area (Å²) in [7, 11) is 0. The molecule has 0 saturated heterocycles. The fourth-order valence-corrected chi connectivity index (χ4v) is 3.65. The zero-order valence-electron chi connectivity index (χ0n) is 13.9. The normalized spacial score (nSPS) is 11.2. The Morgan fingerprint density at radius 3 is 2.58 bits per heavy atom. The first-order valence-corrected chi connectivity index (χ1v) is 9.80. The summed E-state index contributed by atoms with van der Waals surface area (Å²) in [4.78, 5) is 19.9. The second kappa shape index (κ2) is 7.09. The molecule has 2 aromatic carbocycles. The molecule has 2 heterocycles. The maximum atomic E-state index is 12.4. The first-order chi connectivity index (χ1) is 12.6. The van der Waals surface area contributed by atoms with Crippen molar-refractivity contribution in [1.82, 2.24) is 19.7 Å². The van der Waals surface area contributed by atoms with Gasteiger partial charge in [-0.1, -0.05) is 57.5 Å². The Morgan fingerprint density at radius 1 is 1.12 bits per heavy atom. The number of hydrogen-bond acceptors (Lipinski definition) is 4. The van der Waals surface area contributed by atoms with Crippen molar-refractivity contribution in [2.45, 2.75) is 17.8 Å². The van der Waals surface area contributed by atoms with Crippen LogP contribution >= 0.6 is 27.7 Å². The monoisotopic (exact) mass is 426 g/mol. The van der Waals surface area contributed by atoms with E-state index in [1.165, 1.54) is 17.3 Å². The molecule has 130 valence electrons. The Bertz CT molecular complexity index is 1120. The summed E-state index contributed by atoms with van der Waals surface area (Å²) in [6, 6.07) is 16.1. The van der Waals surface area contributed by atoms with Crippen molar-refractivity contribution < 1.29 is 0 Å². The number of nitrogens with zero attached hydrogens (tertiary/aromatic N) is 3. The molecule has 4 rings (SSSR count). The van der Waals surface area contributed by atoms with Gasteiger partial charge in [-0.3, -0.25) is 4.79 Å². The second-order valence-corrected chi connectivity index (χ2v) is 7.80. The standard InChI is InChI=1S/C19H15BrN4OS/c1-12-2-8-15(9-3-12)24-17-16(10-21-24)18(25)23-19(22-17)26-11-13-4-6-14(20)7-5-13/h2-10H,11H2,1H3,(H,22,23,25). The van der Waals surface area contributed by atoms with Crippen LogP contribution in [-0.4, -0.2) is 19.7 Å². The molecule has 5 nitrogen and oxygen atoms in total. The molecule has 0 spiro atoms. The average molecular weight is 427 g/mol. The minimum atomic E-state index is -0.174. The average Bonchev–Trinajstić information content (AvgIpc) is 3.06. The number of aromatic amines is 1. The van der Waals surface area contributed by atoms with Gasteiger partial charge in [0.05, 0.1) is 11.9 Å². The lowest BCUT2D eigenvalue weighted by Gasteiger charge is -2.05. The lowest BCUT2D eigenvalue weighted by atomic mass is 10.2. The molecule has 4 aromatic rings. The Hall–Kier alpha value is -2.38.